The van der Waals surface area contributed by atoms with Gasteiger partial charge in [-0.05, 0) is 41.5 Å². The van der Waals surface area contributed by atoms with Crippen LogP contribution in [0, 0.1) is 11.3 Å². The minimum Gasteiger partial charge on any atom is -0.489 e. The summed E-state index contributed by atoms with van der Waals surface area (Å²) in [5.74, 6) is -0.457. The van der Waals surface area contributed by atoms with Gasteiger partial charge in [0.05, 0.1) is 19.3 Å². The third kappa shape index (κ3) is 6.79. The molecule has 2 aromatic carbocycles. The van der Waals surface area contributed by atoms with E-state index in [-0.39, 0.29) is 24.8 Å². The van der Waals surface area contributed by atoms with Gasteiger partial charge in [0.1, 0.15) is 30.6 Å². The Kier molecular flexibility index (Phi) is 8.42. The predicted molar refractivity (Wildman–Crippen MR) is 105 cm³/mol. The predicted octanol–water partition coefficient (Wildman–Crippen LogP) is 3.15. The minimum absolute atomic E-state index is 0.0851. The van der Waals surface area contributed by atoms with Crippen molar-refractivity contribution in [2.24, 2.45) is 0 Å². The molecule has 0 aromatic heterocycles. The maximum atomic E-state index is 11.8. The molecule has 0 bridgehead atoms. The SMILES string of the molecule is COCCOC(=O)/C(C#N)=C/c1ccc(OCc2ccc(C(=O)OC)cc2)cc1. The van der Waals surface area contributed by atoms with Crippen LogP contribution in [0.25, 0.3) is 6.08 Å². The van der Waals surface area contributed by atoms with E-state index in [0.29, 0.717) is 23.5 Å². The molecule has 29 heavy (non-hydrogen) atoms. The first-order valence-electron chi connectivity index (χ1n) is 8.75. The molecule has 0 aliphatic rings. The lowest BCUT2D eigenvalue weighted by Crippen LogP contribution is -2.11. The van der Waals surface area contributed by atoms with Crippen molar-refractivity contribution in [3.8, 4) is 11.8 Å². The largest absolute Gasteiger partial charge is 0.489 e. The van der Waals surface area contributed by atoms with E-state index in [4.69, 9.17) is 19.5 Å². The molecular weight excluding hydrogens is 374 g/mol. The number of hydrogen-bond acceptors (Lipinski definition) is 7. The van der Waals surface area contributed by atoms with Crippen LogP contribution in [-0.4, -0.2) is 39.4 Å². The summed E-state index contributed by atoms with van der Waals surface area (Å²) in [4.78, 5) is 23.3. The Morgan fingerprint density at radius 2 is 1.69 bits per heavy atom. The number of nitrogens with zero attached hydrogens (tertiary/aromatic N) is 1. The van der Waals surface area contributed by atoms with E-state index in [2.05, 4.69) is 4.74 Å². The highest BCUT2D eigenvalue weighted by atomic mass is 16.6. The molecule has 0 aliphatic heterocycles. The van der Waals surface area contributed by atoms with Gasteiger partial charge in [0.25, 0.3) is 0 Å². The Labute approximate surface area is 169 Å². The number of esters is 2. The van der Waals surface area contributed by atoms with Crippen molar-refractivity contribution in [3.63, 3.8) is 0 Å². The Morgan fingerprint density at radius 1 is 1.00 bits per heavy atom. The second-order valence-corrected chi connectivity index (χ2v) is 5.84. The van der Waals surface area contributed by atoms with Crippen molar-refractivity contribution in [3.05, 3.63) is 70.8 Å². The molecule has 0 aliphatic carbocycles. The van der Waals surface area contributed by atoms with Gasteiger partial charge in [-0.1, -0.05) is 24.3 Å². The molecule has 0 spiro atoms. The van der Waals surface area contributed by atoms with E-state index in [1.54, 1.807) is 48.5 Å². The maximum absolute atomic E-state index is 11.8. The normalized spacial score (nSPS) is 10.7. The first-order valence-corrected chi connectivity index (χ1v) is 8.75. The Hall–Kier alpha value is -3.63. The molecule has 0 radical (unpaired) electrons. The fourth-order valence-electron chi connectivity index (χ4n) is 2.28. The van der Waals surface area contributed by atoms with Crippen LogP contribution in [0.15, 0.2) is 54.1 Å². The summed E-state index contributed by atoms with van der Waals surface area (Å²) in [6.45, 7) is 0.676. The smallest absolute Gasteiger partial charge is 0.348 e. The monoisotopic (exact) mass is 395 g/mol. The summed E-state index contributed by atoms with van der Waals surface area (Å²) < 4.78 is 20.1. The van der Waals surface area contributed by atoms with E-state index >= 15 is 0 Å². The van der Waals surface area contributed by atoms with Crippen LogP contribution in [0.4, 0.5) is 0 Å². The number of benzene rings is 2. The molecule has 2 aromatic rings. The zero-order valence-electron chi connectivity index (χ0n) is 16.2. The first kappa shape index (κ1) is 21.7. The van der Waals surface area contributed by atoms with Gasteiger partial charge in [0, 0.05) is 7.11 Å². The number of hydrogen-bond donors (Lipinski definition) is 0. The second-order valence-electron chi connectivity index (χ2n) is 5.84. The van der Waals surface area contributed by atoms with Gasteiger partial charge in [-0.2, -0.15) is 5.26 Å². The van der Waals surface area contributed by atoms with Crippen molar-refractivity contribution in [1.82, 2.24) is 0 Å². The summed E-state index contributed by atoms with van der Waals surface area (Å²) in [7, 11) is 2.83. The van der Waals surface area contributed by atoms with Gasteiger partial charge >= 0.3 is 11.9 Å². The molecule has 7 nitrogen and oxygen atoms in total. The third-order valence-electron chi connectivity index (χ3n) is 3.83. The van der Waals surface area contributed by atoms with Gasteiger partial charge < -0.3 is 18.9 Å². The molecule has 0 amide bonds. The molecule has 2 rings (SSSR count). The van der Waals surface area contributed by atoms with E-state index < -0.39 is 5.97 Å². The van der Waals surface area contributed by atoms with Crippen LogP contribution < -0.4 is 4.74 Å². The first-order chi connectivity index (χ1) is 14.1. The maximum Gasteiger partial charge on any atom is 0.348 e. The van der Waals surface area contributed by atoms with Crippen molar-refractivity contribution >= 4 is 18.0 Å². The van der Waals surface area contributed by atoms with Gasteiger partial charge in [0.15, 0.2) is 0 Å². The zero-order chi connectivity index (χ0) is 21.1. The Balaban J connectivity index is 1.94. The van der Waals surface area contributed by atoms with Crippen molar-refractivity contribution < 1.29 is 28.5 Å². The fourth-order valence-corrected chi connectivity index (χ4v) is 2.28. The summed E-state index contributed by atoms with van der Waals surface area (Å²) in [6, 6.07) is 15.7. The van der Waals surface area contributed by atoms with Gasteiger partial charge in [-0.3, -0.25) is 0 Å². The van der Waals surface area contributed by atoms with Crippen LogP contribution in [-0.2, 0) is 25.6 Å². The number of nitriles is 1. The summed E-state index contributed by atoms with van der Waals surface area (Å²) >= 11 is 0. The van der Waals surface area contributed by atoms with E-state index in [1.807, 2.05) is 6.07 Å². The zero-order valence-corrected chi connectivity index (χ0v) is 16.2. The van der Waals surface area contributed by atoms with Gasteiger partial charge in [-0.15, -0.1) is 0 Å². The lowest BCUT2D eigenvalue weighted by molar-refractivity contribution is -0.139. The Bertz CT molecular complexity index is 894. The summed E-state index contributed by atoms with van der Waals surface area (Å²) in [5.41, 5.74) is 1.94. The van der Waals surface area contributed by atoms with E-state index in [9.17, 15) is 9.59 Å². The number of carbonyl (C=O) groups is 2. The highest BCUT2D eigenvalue weighted by molar-refractivity contribution is 5.97. The lowest BCUT2D eigenvalue weighted by atomic mass is 10.1. The molecule has 0 fully saturated rings. The number of ether oxygens (including phenoxy) is 4. The number of carbonyl (C=O) groups excluding carboxylic acids is 2. The molecule has 0 atom stereocenters. The molecular formula is C22H21NO6. The third-order valence-corrected chi connectivity index (χ3v) is 3.83. The average Bonchev–Trinajstić information content (AvgIpc) is 2.76. The van der Waals surface area contributed by atoms with E-state index in [0.717, 1.165) is 5.56 Å². The van der Waals surface area contributed by atoms with Crippen molar-refractivity contribution in [2.75, 3.05) is 27.4 Å². The molecule has 0 saturated heterocycles. The van der Waals surface area contributed by atoms with Crippen LogP contribution >= 0.6 is 0 Å². The van der Waals surface area contributed by atoms with Gasteiger partial charge in [-0.25, -0.2) is 9.59 Å². The van der Waals surface area contributed by atoms with Crippen LogP contribution in [0.1, 0.15) is 21.5 Å². The Morgan fingerprint density at radius 3 is 2.28 bits per heavy atom. The molecule has 0 heterocycles. The molecule has 0 N–H and O–H groups in total. The van der Waals surface area contributed by atoms with Crippen LogP contribution in [0.5, 0.6) is 5.75 Å². The van der Waals surface area contributed by atoms with Crippen molar-refractivity contribution in [2.45, 2.75) is 6.61 Å². The second kappa shape index (κ2) is 11.3. The quantitative estimate of drug-likeness (QED) is 0.279. The minimum atomic E-state index is -0.694. The molecule has 150 valence electrons. The summed E-state index contributed by atoms with van der Waals surface area (Å²) in [5, 5.41) is 9.14. The van der Waals surface area contributed by atoms with E-state index in [1.165, 1.54) is 20.3 Å². The van der Waals surface area contributed by atoms with Crippen LogP contribution in [0.2, 0.25) is 0 Å². The highest BCUT2D eigenvalue weighted by Crippen LogP contribution is 2.17. The van der Waals surface area contributed by atoms with Crippen molar-refractivity contribution in [1.29, 1.82) is 5.26 Å². The molecule has 0 unspecified atom stereocenters. The van der Waals surface area contributed by atoms with Crippen LogP contribution in [0.3, 0.4) is 0 Å². The number of methoxy groups -OCH3 is 2. The average molecular weight is 395 g/mol. The molecule has 0 saturated carbocycles. The van der Waals surface area contributed by atoms with Gasteiger partial charge in [0.2, 0.25) is 0 Å². The standard InChI is InChI=1S/C22H21NO6/c1-26-11-12-28-22(25)19(14-23)13-16-5-9-20(10-6-16)29-15-17-3-7-18(8-4-17)21(24)27-2/h3-10,13H,11-12,15H2,1-2H3/b19-13+. The highest BCUT2D eigenvalue weighted by Gasteiger charge is 2.10. The summed E-state index contributed by atoms with van der Waals surface area (Å²) in [6.07, 6.45) is 1.45. The fraction of sp³-hybridized carbons (Fsp3) is 0.227. The lowest BCUT2D eigenvalue weighted by Gasteiger charge is -2.07. The molecule has 7 heteroatoms. The number of rotatable bonds is 9. The topological polar surface area (TPSA) is 94.9 Å².